The molecule has 2 rings (SSSR count). The van der Waals surface area contributed by atoms with Crippen molar-refractivity contribution in [2.75, 3.05) is 26.2 Å². The minimum Gasteiger partial charge on any atom is -0.316 e. The Morgan fingerprint density at radius 1 is 1.05 bits per heavy atom. The van der Waals surface area contributed by atoms with Crippen LogP contribution in [0.4, 0.5) is 13.2 Å². The van der Waals surface area contributed by atoms with Crippen LogP contribution in [0.25, 0.3) is 0 Å². The van der Waals surface area contributed by atoms with Crippen LogP contribution in [0.5, 0.6) is 0 Å². The number of halogens is 3. The summed E-state index contributed by atoms with van der Waals surface area (Å²) >= 11 is 0. The summed E-state index contributed by atoms with van der Waals surface area (Å²) in [6.45, 7) is 9.04. The molecule has 1 aromatic carbocycles. The largest absolute Gasteiger partial charge is 0.416 e. The molecule has 0 radical (unpaired) electrons. The molecular weight excluding hydrogens is 277 g/mol. The maximum Gasteiger partial charge on any atom is 0.416 e. The maximum absolute atomic E-state index is 12.6. The molecule has 1 saturated heterocycles. The van der Waals surface area contributed by atoms with Crippen LogP contribution in [0.1, 0.15) is 25.0 Å². The summed E-state index contributed by atoms with van der Waals surface area (Å²) in [7, 11) is 0. The van der Waals surface area contributed by atoms with Crippen molar-refractivity contribution in [3.63, 3.8) is 0 Å². The zero-order valence-electron chi connectivity index (χ0n) is 12.6. The SMILES string of the molecule is CC1CNCC(C)CN(Cc2ccc(C(F)(F)F)cc2)C1. The molecule has 0 spiro atoms. The topological polar surface area (TPSA) is 15.3 Å². The van der Waals surface area contributed by atoms with Crippen LogP contribution in [0.15, 0.2) is 24.3 Å². The Morgan fingerprint density at radius 3 is 2.05 bits per heavy atom. The molecule has 2 atom stereocenters. The van der Waals surface area contributed by atoms with Crippen LogP contribution in [-0.2, 0) is 12.7 Å². The Balaban J connectivity index is 2.01. The predicted molar refractivity (Wildman–Crippen MR) is 77.9 cm³/mol. The summed E-state index contributed by atoms with van der Waals surface area (Å²) in [5.74, 6) is 1.10. The van der Waals surface area contributed by atoms with Crippen LogP contribution in [0, 0.1) is 11.8 Å². The molecular formula is C16H23F3N2. The molecule has 5 heteroatoms. The third-order valence-electron chi connectivity index (χ3n) is 3.81. The average Bonchev–Trinajstić information content (AvgIpc) is 2.36. The molecule has 0 aromatic heterocycles. The molecule has 0 aliphatic carbocycles. The van der Waals surface area contributed by atoms with Crippen molar-refractivity contribution >= 4 is 0 Å². The Labute approximate surface area is 124 Å². The van der Waals surface area contributed by atoms with Crippen molar-refractivity contribution in [3.05, 3.63) is 35.4 Å². The molecule has 0 amide bonds. The summed E-state index contributed by atoms with van der Waals surface area (Å²) in [6.07, 6.45) is -4.26. The fourth-order valence-electron chi connectivity index (χ4n) is 2.85. The van der Waals surface area contributed by atoms with Gasteiger partial charge >= 0.3 is 6.18 Å². The lowest BCUT2D eigenvalue weighted by atomic mass is 10.0. The first kappa shape index (κ1) is 16.3. The highest BCUT2D eigenvalue weighted by Gasteiger charge is 2.30. The van der Waals surface area contributed by atoms with Crippen molar-refractivity contribution in [2.24, 2.45) is 11.8 Å². The molecule has 1 aliphatic heterocycles. The monoisotopic (exact) mass is 300 g/mol. The van der Waals surface area contributed by atoms with Gasteiger partial charge in [0.25, 0.3) is 0 Å². The first-order valence-corrected chi connectivity index (χ1v) is 7.44. The van der Waals surface area contributed by atoms with E-state index in [4.69, 9.17) is 0 Å². The van der Waals surface area contributed by atoms with E-state index in [1.807, 2.05) is 0 Å². The molecule has 1 aromatic rings. The van der Waals surface area contributed by atoms with Gasteiger partial charge in [0.05, 0.1) is 5.56 Å². The number of benzene rings is 1. The van der Waals surface area contributed by atoms with Gasteiger partial charge in [0.1, 0.15) is 0 Å². The summed E-state index contributed by atoms with van der Waals surface area (Å²) in [5, 5.41) is 3.44. The van der Waals surface area contributed by atoms with Crippen molar-refractivity contribution in [1.82, 2.24) is 10.2 Å². The molecule has 1 heterocycles. The summed E-state index contributed by atoms with van der Waals surface area (Å²) < 4.78 is 37.7. The lowest BCUT2D eigenvalue weighted by Crippen LogP contribution is -2.42. The molecule has 2 nitrogen and oxygen atoms in total. The van der Waals surface area contributed by atoms with Gasteiger partial charge in [0, 0.05) is 19.6 Å². The van der Waals surface area contributed by atoms with Crippen LogP contribution in [-0.4, -0.2) is 31.1 Å². The smallest absolute Gasteiger partial charge is 0.316 e. The second-order valence-corrected chi connectivity index (χ2v) is 6.26. The summed E-state index contributed by atoms with van der Waals surface area (Å²) in [4.78, 5) is 2.35. The maximum atomic E-state index is 12.6. The molecule has 0 saturated carbocycles. The van der Waals surface area contributed by atoms with E-state index in [1.165, 1.54) is 12.1 Å². The average molecular weight is 300 g/mol. The Hall–Kier alpha value is -1.07. The van der Waals surface area contributed by atoms with E-state index in [-0.39, 0.29) is 0 Å². The van der Waals surface area contributed by atoms with Crippen molar-refractivity contribution in [2.45, 2.75) is 26.6 Å². The number of nitrogens with zero attached hydrogens (tertiary/aromatic N) is 1. The third-order valence-corrected chi connectivity index (χ3v) is 3.81. The van der Waals surface area contributed by atoms with Gasteiger partial charge in [0.2, 0.25) is 0 Å². The molecule has 1 fully saturated rings. The van der Waals surface area contributed by atoms with Gasteiger partial charge in [-0.3, -0.25) is 4.90 Å². The molecule has 1 N–H and O–H groups in total. The van der Waals surface area contributed by atoms with Crippen LogP contribution in [0.2, 0.25) is 0 Å². The van der Waals surface area contributed by atoms with Gasteiger partial charge in [-0.15, -0.1) is 0 Å². The predicted octanol–water partition coefficient (Wildman–Crippen LogP) is 3.38. The van der Waals surface area contributed by atoms with Crippen molar-refractivity contribution in [1.29, 1.82) is 0 Å². The second-order valence-electron chi connectivity index (χ2n) is 6.26. The quantitative estimate of drug-likeness (QED) is 0.901. The number of hydrogen-bond donors (Lipinski definition) is 1. The van der Waals surface area contributed by atoms with Crippen molar-refractivity contribution in [3.8, 4) is 0 Å². The van der Waals surface area contributed by atoms with Crippen LogP contribution >= 0.6 is 0 Å². The minimum absolute atomic E-state index is 0.548. The zero-order chi connectivity index (χ0) is 15.5. The summed E-state index contributed by atoms with van der Waals surface area (Å²) in [6, 6.07) is 5.53. The van der Waals surface area contributed by atoms with Gasteiger partial charge < -0.3 is 5.32 Å². The van der Waals surface area contributed by atoms with Gasteiger partial charge in [-0.05, 0) is 42.6 Å². The first-order chi connectivity index (χ1) is 9.84. The van der Waals surface area contributed by atoms with Gasteiger partial charge in [-0.1, -0.05) is 26.0 Å². The van der Waals surface area contributed by atoms with E-state index in [2.05, 4.69) is 24.1 Å². The fourth-order valence-corrected chi connectivity index (χ4v) is 2.85. The highest BCUT2D eigenvalue weighted by Crippen LogP contribution is 2.29. The van der Waals surface area contributed by atoms with Gasteiger partial charge in [-0.25, -0.2) is 0 Å². The molecule has 0 bridgehead atoms. The van der Waals surface area contributed by atoms with Crippen molar-refractivity contribution < 1.29 is 13.2 Å². The standard InChI is InChI=1S/C16H23F3N2/c1-12-7-20-8-13(2)10-21(9-12)11-14-3-5-15(6-4-14)16(17,18)19/h3-6,12-13,20H,7-11H2,1-2H3. The molecule has 1 aliphatic rings. The normalized spacial score (nSPS) is 25.4. The summed E-state index contributed by atoms with van der Waals surface area (Å²) in [5.41, 5.74) is 0.362. The number of alkyl halides is 3. The van der Waals surface area contributed by atoms with E-state index >= 15 is 0 Å². The Morgan fingerprint density at radius 2 is 1.57 bits per heavy atom. The number of hydrogen-bond acceptors (Lipinski definition) is 2. The number of rotatable bonds is 2. The highest BCUT2D eigenvalue weighted by molar-refractivity contribution is 5.24. The van der Waals surface area contributed by atoms with Crippen LogP contribution < -0.4 is 5.32 Å². The fraction of sp³-hybridized carbons (Fsp3) is 0.625. The first-order valence-electron chi connectivity index (χ1n) is 7.44. The van der Waals surface area contributed by atoms with E-state index in [0.29, 0.717) is 18.4 Å². The lowest BCUT2D eigenvalue weighted by molar-refractivity contribution is -0.137. The molecule has 118 valence electrons. The number of nitrogens with one attached hydrogen (secondary N) is 1. The van der Waals surface area contributed by atoms with Gasteiger partial charge in [0.15, 0.2) is 0 Å². The Kier molecular flexibility index (Phi) is 5.27. The molecule has 21 heavy (non-hydrogen) atoms. The minimum atomic E-state index is -4.26. The Bertz CT molecular complexity index is 430. The highest BCUT2D eigenvalue weighted by atomic mass is 19.4. The third kappa shape index (κ3) is 5.00. The van der Waals surface area contributed by atoms with E-state index in [1.54, 1.807) is 12.1 Å². The lowest BCUT2D eigenvalue weighted by Gasteiger charge is -2.31. The zero-order valence-corrected chi connectivity index (χ0v) is 12.6. The molecule has 2 unspecified atom stereocenters. The van der Waals surface area contributed by atoms with E-state index < -0.39 is 11.7 Å². The van der Waals surface area contributed by atoms with E-state index in [0.717, 1.165) is 31.7 Å². The second kappa shape index (κ2) is 6.79. The van der Waals surface area contributed by atoms with E-state index in [9.17, 15) is 13.2 Å². The van der Waals surface area contributed by atoms with Gasteiger partial charge in [-0.2, -0.15) is 13.2 Å². The van der Waals surface area contributed by atoms with Crippen LogP contribution in [0.3, 0.4) is 0 Å².